The van der Waals surface area contributed by atoms with Gasteiger partial charge in [-0.05, 0) is 45.1 Å². The summed E-state index contributed by atoms with van der Waals surface area (Å²) in [5.41, 5.74) is 6.18. The van der Waals surface area contributed by atoms with E-state index in [0.29, 0.717) is 6.04 Å². The van der Waals surface area contributed by atoms with Crippen LogP contribution in [0.15, 0.2) is 40.6 Å². The molecule has 2 rings (SSSR count). The zero-order valence-electron chi connectivity index (χ0n) is 17.2. The van der Waals surface area contributed by atoms with Crippen LogP contribution in [-0.2, 0) is 5.54 Å². The van der Waals surface area contributed by atoms with Crippen LogP contribution in [0.4, 0.5) is 4.79 Å². The molecule has 0 unspecified atom stereocenters. The van der Waals surface area contributed by atoms with Gasteiger partial charge in [0.15, 0.2) is 0 Å². The molecule has 1 aromatic carbocycles. The molecule has 0 bridgehead atoms. The fourth-order valence-electron chi connectivity index (χ4n) is 3.60. The van der Waals surface area contributed by atoms with E-state index in [4.69, 9.17) is 0 Å². The summed E-state index contributed by atoms with van der Waals surface area (Å²) in [5, 5.41) is 11.7. The minimum absolute atomic E-state index is 0.298. The fraction of sp³-hybridized carbons (Fsp3) is 0.667. The number of hydrazine groups is 1. The predicted octanol–water partition coefficient (Wildman–Crippen LogP) is 5.03. The monoisotopic (exact) mass is 373 g/mol. The topological polar surface area (TPSA) is 77.9 Å². The maximum atomic E-state index is 12.4. The minimum atomic E-state index is -0.739. The van der Waals surface area contributed by atoms with Gasteiger partial charge < -0.3 is 5.32 Å². The molecule has 2 amide bonds. The van der Waals surface area contributed by atoms with Crippen molar-refractivity contribution in [1.82, 2.24) is 16.2 Å². The number of nitrogens with zero attached hydrogens (tertiary/aromatic N) is 2. The Morgan fingerprint density at radius 3 is 2.30 bits per heavy atom. The van der Waals surface area contributed by atoms with Gasteiger partial charge >= 0.3 is 6.03 Å². The lowest BCUT2D eigenvalue weighted by Crippen LogP contribution is -2.57. The highest BCUT2D eigenvalue weighted by Crippen LogP contribution is 2.27. The second-order valence-corrected chi connectivity index (χ2v) is 7.93. The minimum Gasteiger partial charge on any atom is -0.311 e. The van der Waals surface area contributed by atoms with Crippen LogP contribution in [0.25, 0.3) is 0 Å². The quantitative estimate of drug-likeness (QED) is 0.441. The van der Waals surface area contributed by atoms with Crippen molar-refractivity contribution in [2.45, 2.75) is 89.9 Å². The molecule has 0 atom stereocenters. The highest BCUT2D eigenvalue weighted by atomic mass is 16.2. The number of hydrogen-bond donors (Lipinski definition) is 3. The summed E-state index contributed by atoms with van der Waals surface area (Å²) in [6.07, 6.45) is 7.64. The molecule has 0 aliphatic heterocycles. The van der Waals surface area contributed by atoms with Crippen molar-refractivity contribution >= 4 is 6.03 Å². The molecule has 1 fully saturated rings. The predicted molar refractivity (Wildman–Crippen MR) is 109 cm³/mol. The van der Waals surface area contributed by atoms with Gasteiger partial charge in [0.2, 0.25) is 0 Å². The highest BCUT2D eigenvalue weighted by Gasteiger charge is 2.29. The van der Waals surface area contributed by atoms with E-state index in [9.17, 15) is 4.79 Å². The molecule has 1 aliphatic rings. The summed E-state index contributed by atoms with van der Waals surface area (Å²) in [4.78, 5) is 12.4. The van der Waals surface area contributed by atoms with Crippen LogP contribution in [0.2, 0.25) is 0 Å². The first-order valence-corrected chi connectivity index (χ1v) is 10.2. The lowest BCUT2D eigenvalue weighted by atomic mass is 9.85. The third-order valence-electron chi connectivity index (χ3n) is 5.41. The van der Waals surface area contributed by atoms with Crippen molar-refractivity contribution in [3.05, 3.63) is 35.9 Å². The van der Waals surface area contributed by atoms with Gasteiger partial charge in [-0.1, -0.05) is 63.4 Å². The standard InChI is InChI=1S/C21H35N5O/c1-5-21(6-2,17-13-9-7-10-14-17)26-24-19(27)22-20(3,4)25-23-18-15-11-8-12-16-18/h7,9-10,13-14,18,26H,5-6,8,11-12,15-16H2,1-4H3,(H2,22,24,27)/b25-23+. The molecular formula is C21H35N5O. The molecule has 1 saturated carbocycles. The van der Waals surface area contributed by atoms with Crippen LogP contribution in [0.3, 0.4) is 0 Å². The van der Waals surface area contributed by atoms with Crippen LogP contribution in [0.1, 0.15) is 78.2 Å². The smallest absolute Gasteiger partial charge is 0.311 e. The molecule has 1 aromatic rings. The molecule has 0 aromatic heterocycles. The number of benzene rings is 1. The summed E-state index contributed by atoms with van der Waals surface area (Å²) >= 11 is 0. The number of nitrogens with one attached hydrogen (secondary N) is 3. The van der Waals surface area contributed by atoms with E-state index >= 15 is 0 Å². The van der Waals surface area contributed by atoms with Gasteiger partial charge in [-0.15, -0.1) is 0 Å². The Bertz CT molecular complexity index is 604. The van der Waals surface area contributed by atoms with Gasteiger partial charge in [-0.2, -0.15) is 10.2 Å². The van der Waals surface area contributed by atoms with Gasteiger partial charge in [0.1, 0.15) is 5.66 Å². The van der Waals surface area contributed by atoms with E-state index < -0.39 is 5.66 Å². The maximum Gasteiger partial charge on any atom is 0.331 e. The van der Waals surface area contributed by atoms with Gasteiger partial charge in [-0.3, -0.25) is 5.43 Å². The molecule has 3 N–H and O–H groups in total. The average Bonchev–Trinajstić information content (AvgIpc) is 2.69. The van der Waals surface area contributed by atoms with E-state index in [1.165, 1.54) is 19.3 Å². The molecule has 6 nitrogen and oxygen atoms in total. The Balaban J connectivity index is 1.92. The van der Waals surface area contributed by atoms with E-state index in [-0.39, 0.29) is 11.6 Å². The Hall–Kier alpha value is -1.95. The number of hydrogen-bond acceptors (Lipinski definition) is 4. The molecule has 0 radical (unpaired) electrons. The highest BCUT2D eigenvalue weighted by molar-refractivity contribution is 5.74. The zero-order chi connectivity index (χ0) is 19.8. The third kappa shape index (κ3) is 6.31. The van der Waals surface area contributed by atoms with E-state index in [2.05, 4.69) is 52.4 Å². The van der Waals surface area contributed by atoms with Crippen LogP contribution in [0.5, 0.6) is 0 Å². The molecule has 1 aliphatic carbocycles. The number of azo groups is 1. The van der Waals surface area contributed by atoms with Crippen LogP contribution in [0, 0.1) is 0 Å². The van der Waals surface area contributed by atoms with E-state index in [1.54, 1.807) is 0 Å². The summed E-state index contributed by atoms with van der Waals surface area (Å²) in [6.45, 7) is 7.96. The summed E-state index contributed by atoms with van der Waals surface area (Å²) in [6, 6.07) is 10.2. The van der Waals surface area contributed by atoms with Crippen molar-refractivity contribution < 1.29 is 4.79 Å². The van der Waals surface area contributed by atoms with Crippen molar-refractivity contribution in [2.24, 2.45) is 10.2 Å². The molecule has 0 spiro atoms. The van der Waals surface area contributed by atoms with Gasteiger partial charge in [0.25, 0.3) is 0 Å². The first kappa shape index (κ1) is 21.4. The third-order valence-corrected chi connectivity index (χ3v) is 5.41. The Kier molecular flexibility index (Phi) is 7.78. The summed E-state index contributed by atoms with van der Waals surface area (Å²) in [5.74, 6) is 0. The number of carbonyl (C=O) groups excluding carboxylic acids is 1. The zero-order valence-corrected chi connectivity index (χ0v) is 17.2. The maximum absolute atomic E-state index is 12.4. The molecule has 27 heavy (non-hydrogen) atoms. The molecule has 150 valence electrons. The number of urea groups is 1. The molecule has 6 heteroatoms. The first-order valence-electron chi connectivity index (χ1n) is 10.2. The lowest BCUT2D eigenvalue weighted by molar-refractivity contribution is 0.206. The first-order chi connectivity index (χ1) is 12.9. The summed E-state index contributed by atoms with van der Waals surface area (Å²) < 4.78 is 0. The van der Waals surface area contributed by atoms with Gasteiger partial charge in [0.05, 0.1) is 11.6 Å². The van der Waals surface area contributed by atoms with E-state index in [1.807, 2.05) is 32.0 Å². The number of carbonyl (C=O) groups is 1. The largest absolute Gasteiger partial charge is 0.331 e. The molecule has 0 heterocycles. The average molecular weight is 374 g/mol. The lowest BCUT2D eigenvalue weighted by Gasteiger charge is -2.34. The van der Waals surface area contributed by atoms with Gasteiger partial charge in [0, 0.05) is 0 Å². The second kappa shape index (κ2) is 9.83. The van der Waals surface area contributed by atoms with E-state index in [0.717, 1.165) is 31.2 Å². The Labute approximate surface area is 163 Å². The molecule has 0 saturated heterocycles. The van der Waals surface area contributed by atoms with Crippen molar-refractivity contribution in [1.29, 1.82) is 0 Å². The van der Waals surface area contributed by atoms with Crippen LogP contribution in [-0.4, -0.2) is 17.7 Å². The fourth-order valence-corrected chi connectivity index (χ4v) is 3.60. The summed E-state index contributed by atoms with van der Waals surface area (Å²) in [7, 11) is 0. The Morgan fingerprint density at radius 2 is 1.70 bits per heavy atom. The second-order valence-electron chi connectivity index (χ2n) is 7.93. The number of rotatable bonds is 8. The Morgan fingerprint density at radius 1 is 1.07 bits per heavy atom. The van der Waals surface area contributed by atoms with Crippen molar-refractivity contribution in [3.63, 3.8) is 0 Å². The number of amides is 2. The van der Waals surface area contributed by atoms with Crippen LogP contribution < -0.4 is 16.2 Å². The van der Waals surface area contributed by atoms with Gasteiger partial charge in [-0.25, -0.2) is 10.2 Å². The molecular weight excluding hydrogens is 338 g/mol. The normalized spacial score (nSPS) is 16.4. The van der Waals surface area contributed by atoms with Crippen molar-refractivity contribution in [3.8, 4) is 0 Å². The van der Waals surface area contributed by atoms with Crippen molar-refractivity contribution in [2.75, 3.05) is 0 Å². The SMILES string of the molecule is CCC(CC)(NNC(=O)NC(C)(C)/N=N/C1CCCCC1)c1ccccc1. The van der Waals surface area contributed by atoms with Crippen LogP contribution >= 0.6 is 0 Å².